The van der Waals surface area contributed by atoms with E-state index < -0.39 is 0 Å². The highest BCUT2D eigenvalue weighted by Gasteiger charge is 2.28. The third-order valence-corrected chi connectivity index (χ3v) is 4.38. The molecule has 1 fully saturated rings. The Balaban J connectivity index is 1.75. The summed E-state index contributed by atoms with van der Waals surface area (Å²) in [5.41, 5.74) is 0. The summed E-state index contributed by atoms with van der Waals surface area (Å²) in [5, 5.41) is 0.728. The van der Waals surface area contributed by atoms with E-state index >= 15 is 0 Å². The Kier molecular flexibility index (Phi) is 7.81. The van der Waals surface area contributed by atoms with E-state index in [1.807, 2.05) is 0 Å². The van der Waals surface area contributed by atoms with Crippen molar-refractivity contribution < 1.29 is 14.3 Å². The summed E-state index contributed by atoms with van der Waals surface area (Å²) < 4.78 is 11.2. The molecule has 0 saturated carbocycles. The fraction of sp³-hybridized carbons (Fsp3) is 0.438. The number of unbranched alkanes of at least 4 members (excludes halogenated alkanes) is 1. The third kappa shape index (κ3) is 6.03. The van der Waals surface area contributed by atoms with Gasteiger partial charge in [-0.15, -0.1) is 0 Å². The predicted molar refractivity (Wildman–Crippen MR) is 101 cm³/mol. The van der Waals surface area contributed by atoms with Crippen molar-refractivity contribution in [2.45, 2.75) is 12.8 Å². The van der Waals surface area contributed by atoms with Crippen LogP contribution in [-0.2, 0) is 0 Å². The maximum Gasteiger partial charge on any atom is 0.322 e. The number of carbonyl (C=O) groups is 1. The molecule has 25 heavy (non-hydrogen) atoms. The quantitative estimate of drug-likeness (QED) is 0.510. The van der Waals surface area contributed by atoms with Crippen LogP contribution in [0, 0.1) is 0 Å². The van der Waals surface area contributed by atoms with Gasteiger partial charge in [0.2, 0.25) is 0 Å². The first-order chi connectivity index (χ1) is 11.9. The lowest BCUT2D eigenvalue weighted by molar-refractivity contribution is 0.0745. The first-order valence-electron chi connectivity index (χ1n) is 7.64. The molecule has 1 heterocycles. The molecule has 0 aliphatic carbocycles. The number of carbonyl (C=O) groups excluding carboxylic acids is 1. The predicted octanol–water partition coefficient (Wildman–Crippen LogP) is 5.18. The van der Waals surface area contributed by atoms with E-state index in [1.165, 1.54) is 6.08 Å². The van der Waals surface area contributed by atoms with E-state index in [9.17, 15) is 4.79 Å². The average molecular weight is 428 g/mol. The zero-order chi connectivity index (χ0) is 18.4. The fourth-order valence-electron chi connectivity index (χ4n) is 2.24. The van der Waals surface area contributed by atoms with Crippen molar-refractivity contribution in [1.82, 2.24) is 9.80 Å². The Labute approximate surface area is 167 Å². The van der Waals surface area contributed by atoms with Gasteiger partial charge in [-0.25, -0.2) is 4.79 Å². The van der Waals surface area contributed by atoms with Crippen LogP contribution in [0.4, 0.5) is 4.79 Å². The molecular formula is C16H18Cl4N2O3. The van der Waals surface area contributed by atoms with E-state index in [-0.39, 0.29) is 17.1 Å². The van der Waals surface area contributed by atoms with Gasteiger partial charge in [0.15, 0.2) is 5.75 Å². The van der Waals surface area contributed by atoms with Gasteiger partial charge in [0.25, 0.3) is 0 Å². The molecule has 0 spiro atoms. The second kappa shape index (κ2) is 9.62. The smallest absolute Gasteiger partial charge is 0.322 e. The Morgan fingerprint density at radius 1 is 1.20 bits per heavy atom. The highest BCUT2D eigenvalue weighted by atomic mass is 35.5. The summed E-state index contributed by atoms with van der Waals surface area (Å²) in [6.45, 7) is 2.07. The fourth-order valence-corrected chi connectivity index (χ4v) is 2.95. The lowest BCUT2D eigenvalue weighted by atomic mass is 10.3. The van der Waals surface area contributed by atoms with E-state index in [4.69, 9.17) is 55.9 Å². The van der Waals surface area contributed by atoms with Crippen molar-refractivity contribution in [2.24, 2.45) is 0 Å². The molecule has 1 saturated heterocycles. The van der Waals surface area contributed by atoms with Crippen molar-refractivity contribution in [2.75, 3.05) is 33.5 Å². The van der Waals surface area contributed by atoms with Crippen LogP contribution in [0.15, 0.2) is 22.7 Å². The summed E-state index contributed by atoms with van der Waals surface area (Å²) in [4.78, 5) is 14.9. The average Bonchev–Trinajstić information content (AvgIpc) is 2.55. The highest BCUT2D eigenvalue weighted by Crippen LogP contribution is 2.37. The topological polar surface area (TPSA) is 42.0 Å². The van der Waals surface area contributed by atoms with E-state index in [0.29, 0.717) is 34.8 Å². The molecule has 0 bridgehead atoms. The van der Waals surface area contributed by atoms with Crippen LogP contribution < -0.4 is 9.47 Å². The van der Waals surface area contributed by atoms with Gasteiger partial charge in [0, 0.05) is 25.7 Å². The van der Waals surface area contributed by atoms with E-state index in [1.54, 1.807) is 29.0 Å². The number of benzene rings is 1. The summed E-state index contributed by atoms with van der Waals surface area (Å²) in [6.07, 6.45) is 3.15. The van der Waals surface area contributed by atoms with E-state index in [0.717, 1.165) is 19.4 Å². The number of ether oxygens (including phenoxy) is 2. The van der Waals surface area contributed by atoms with Gasteiger partial charge >= 0.3 is 6.03 Å². The minimum Gasteiger partial charge on any atom is -0.490 e. The van der Waals surface area contributed by atoms with Gasteiger partial charge in [0.1, 0.15) is 16.8 Å². The first-order valence-corrected chi connectivity index (χ1v) is 9.15. The Hall–Kier alpha value is -1.01. The second-order valence-corrected chi connectivity index (χ2v) is 7.28. The first kappa shape index (κ1) is 20.3. The van der Waals surface area contributed by atoms with Crippen LogP contribution in [0.2, 0.25) is 10.0 Å². The van der Waals surface area contributed by atoms with Crippen LogP contribution >= 0.6 is 46.4 Å². The monoisotopic (exact) mass is 426 g/mol. The number of hydrogen-bond donors (Lipinski definition) is 0. The molecule has 1 aliphatic rings. The van der Waals surface area contributed by atoms with E-state index in [2.05, 4.69) is 0 Å². The van der Waals surface area contributed by atoms with Gasteiger partial charge in [-0.1, -0.05) is 46.4 Å². The summed E-state index contributed by atoms with van der Waals surface area (Å²) in [7, 11) is 1.78. The van der Waals surface area contributed by atoms with Crippen LogP contribution in [-0.4, -0.2) is 49.3 Å². The molecule has 0 N–H and O–H groups in total. The van der Waals surface area contributed by atoms with Crippen LogP contribution in [0.25, 0.3) is 0 Å². The standard InChI is InChI=1S/C16H18Cl4N2O3/c1-21-10-22(16(21)23)5-2-3-6-25-15-12(17)8-11(9-13(15)18)24-7-4-14(19)20/h4,8-9H,2-3,5-7,10H2,1H3. The minimum absolute atomic E-state index is 0.0629. The van der Waals surface area contributed by atoms with Gasteiger partial charge in [-0.05, 0) is 18.9 Å². The van der Waals surface area contributed by atoms with Crippen molar-refractivity contribution in [3.05, 3.63) is 32.7 Å². The number of nitrogens with zero attached hydrogens (tertiary/aromatic N) is 2. The third-order valence-electron chi connectivity index (χ3n) is 3.51. The molecule has 0 aromatic heterocycles. The minimum atomic E-state index is 0.0629. The number of amides is 2. The Bertz CT molecular complexity index is 627. The van der Waals surface area contributed by atoms with Gasteiger partial charge in [0.05, 0.1) is 23.3 Å². The summed E-state index contributed by atoms with van der Waals surface area (Å²) in [5.74, 6) is 0.912. The zero-order valence-corrected chi connectivity index (χ0v) is 16.6. The lowest BCUT2D eigenvalue weighted by Gasteiger charge is -2.39. The number of halogens is 4. The molecule has 1 aromatic rings. The summed E-state index contributed by atoms with van der Waals surface area (Å²) >= 11 is 23.4. The van der Waals surface area contributed by atoms with Gasteiger partial charge < -0.3 is 19.3 Å². The number of urea groups is 1. The molecule has 1 aliphatic heterocycles. The normalized spacial score (nSPS) is 13.6. The van der Waals surface area contributed by atoms with Crippen LogP contribution in [0.3, 0.4) is 0 Å². The highest BCUT2D eigenvalue weighted by molar-refractivity contribution is 6.55. The molecule has 2 rings (SSSR count). The second-order valence-electron chi connectivity index (χ2n) is 5.46. The zero-order valence-electron chi connectivity index (χ0n) is 13.6. The number of rotatable bonds is 9. The largest absolute Gasteiger partial charge is 0.490 e. The molecule has 138 valence electrons. The van der Waals surface area contributed by atoms with Gasteiger partial charge in [-0.3, -0.25) is 0 Å². The van der Waals surface area contributed by atoms with Gasteiger partial charge in [-0.2, -0.15) is 0 Å². The lowest BCUT2D eigenvalue weighted by Crippen LogP contribution is -2.57. The summed E-state index contributed by atoms with van der Waals surface area (Å²) in [6, 6.07) is 3.30. The van der Waals surface area contributed by atoms with Crippen molar-refractivity contribution in [3.63, 3.8) is 0 Å². The number of hydrogen-bond acceptors (Lipinski definition) is 3. The molecule has 2 amide bonds. The van der Waals surface area contributed by atoms with Crippen LogP contribution in [0.5, 0.6) is 11.5 Å². The molecular weight excluding hydrogens is 410 g/mol. The maximum atomic E-state index is 11.4. The molecule has 5 nitrogen and oxygen atoms in total. The van der Waals surface area contributed by atoms with Crippen molar-refractivity contribution in [3.8, 4) is 11.5 Å². The van der Waals surface area contributed by atoms with Crippen molar-refractivity contribution >= 4 is 52.4 Å². The molecule has 0 radical (unpaired) electrons. The Morgan fingerprint density at radius 3 is 2.44 bits per heavy atom. The maximum absolute atomic E-state index is 11.4. The molecule has 1 aromatic carbocycles. The SMILES string of the molecule is CN1CN(CCCCOc2c(Cl)cc(OCC=C(Cl)Cl)cc2Cl)C1=O. The molecule has 9 heteroatoms. The molecule has 0 unspecified atom stereocenters. The van der Waals surface area contributed by atoms with Crippen molar-refractivity contribution in [1.29, 1.82) is 0 Å². The van der Waals surface area contributed by atoms with Crippen LogP contribution in [0.1, 0.15) is 12.8 Å². The Morgan fingerprint density at radius 2 is 1.88 bits per heavy atom. The molecule has 0 atom stereocenters.